The number of aryl methyl sites for hydroxylation is 2. The second-order valence-corrected chi connectivity index (χ2v) is 4.78. The van der Waals surface area contributed by atoms with Crippen LogP contribution in [0.2, 0.25) is 0 Å². The van der Waals surface area contributed by atoms with Crippen LogP contribution in [0.1, 0.15) is 16.8 Å². The summed E-state index contributed by atoms with van der Waals surface area (Å²) in [5.74, 6) is 0.654. The van der Waals surface area contributed by atoms with Gasteiger partial charge < -0.3 is 9.30 Å². The van der Waals surface area contributed by atoms with Crippen molar-refractivity contribution in [2.24, 2.45) is 7.05 Å². The number of rotatable bonds is 4. The minimum Gasteiger partial charge on any atom is -0.483 e. The lowest BCUT2D eigenvalue weighted by Crippen LogP contribution is -2.12. The summed E-state index contributed by atoms with van der Waals surface area (Å²) in [6, 6.07) is 9.54. The average molecular weight is 278 g/mol. The molecule has 0 unspecified atom stereocenters. The van der Waals surface area contributed by atoms with Crippen LogP contribution in [0.5, 0.6) is 5.75 Å². The number of benzene rings is 1. The Balaban J connectivity index is 2.13. The van der Waals surface area contributed by atoms with Crippen LogP contribution in [0.25, 0.3) is 0 Å². The van der Waals surface area contributed by atoms with Gasteiger partial charge in [-0.15, -0.1) is 11.6 Å². The molecular weight excluding hydrogens is 262 g/mol. The molecule has 1 aromatic heterocycles. The predicted molar refractivity (Wildman–Crippen MR) is 76.8 cm³/mol. The van der Waals surface area contributed by atoms with Crippen molar-refractivity contribution in [2.75, 3.05) is 0 Å². The van der Waals surface area contributed by atoms with Gasteiger partial charge in [-0.3, -0.25) is 4.79 Å². The summed E-state index contributed by atoms with van der Waals surface area (Å²) in [5, 5.41) is 0. The third kappa shape index (κ3) is 3.38. The van der Waals surface area contributed by atoms with Crippen LogP contribution in [0.15, 0.2) is 41.3 Å². The summed E-state index contributed by atoms with van der Waals surface area (Å²) >= 11 is 5.74. The summed E-state index contributed by atoms with van der Waals surface area (Å²) in [5.41, 5.74) is 2.87. The van der Waals surface area contributed by atoms with Crippen molar-refractivity contribution in [1.82, 2.24) is 4.57 Å². The molecule has 3 nitrogen and oxygen atoms in total. The van der Waals surface area contributed by atoms with Gasteiger partial charge in [0.2, 0.25) is 5.43 Å². The first-order valence-electron chi connectivity index (χ1n) is 6.04. The summed E-state index contributed by atoms with van der Waals surface area (Å²) in [7, 11) is 1.84. The van der Waals surface area contributed by atoms with Gasteiger partial charge in [-0.2, -0.15) is 0 Å². The van der Waals surface area contributed by atoms with Crippen molar-refractivity contribution in [3.05, 3.63) is 63.6 Å². The van der Waals surface area contributed by atoms with Crippen LogP contribution >= 0.6 is 11.6 Å². The molecule has 0 amide bonds. The number of aromatic nitrogens is 1. The van der Waals surface area contributed by atoms with Gasteiger partial charge in [0, 0.05) is 18.8 Å². The molecule has 0 radical (unpaired) electrons. The molecule has 0 saturated heterocycles. The van der Waals surface area contributed by atoms with E-state index in [1.165, 1.54) is 11.6 Å². The zero-order valence-electron chi connectivity index (χ0n) is 11.0. The topological polar surface area (TPSA) is 31.2 Å². The van der Waals surface area contributed by atoms with Crippen molar-refractivity contribution in [2.45, 2.75) is 19.4 Å². The van der Waals surface area contributed by atoms with E-state index in [0.29, 0.717) is 18.2 Å². The first kappa shape index (κ1) is 13.7. The number of halogens is 1. The van der Waals surface area contributed by atoms with E-state index in [1.54, 1.807) is 10.8 Å². The number of alkyl halides is 1. The Morgan fingerprint density at radius 3 is 2.58 bits per heavy atom. The lowest BCUT2D eigenvalue weighted by molar-refractivity contribution is 0.300. The molecule has 100 valence electrons. The van der Waals surface area contributed by atoms with Gasteiger partial charge in [0.05, 0.1) is 12.1 Å². The molecule has 1 aromatic carbocycles. The highest BCUT2D eigenvalue weighted by molar-refractivity contribution is 6.16. The molecule has 0 saturated carbocycles. The van der Waals surface area contributed by atoms with E-state index in [9.17, 15) is 4.79 Å². The normalized spacial score (nSPS) is 10.5. The summed E-state index contributed by atoms with van der Waals surface area (Å²) < 4.78 is 7.37. The van der Waals surface area contributed by atoms with Crippen LogP contribution in [0.4, 0.5) is 0 Å². The fourth-order valence-corrected chi connectivity index (χ4v) is 2.00. The third-order valence-electron chi connectivity index (χ3n) is 2.96. The van der Waals surface area contributed by atoms with Crippen molar-refractivity contribution < 1.29 is 4.74 Å². The molecule has 4 heteroatoms. The van der Waals surface area contributed by atoms with E-state index in [1.807, 2.05) is 38.2 Å². The number of nitrogens with zero attached hydrogens (tertiary/aromatic N) is 1. The van der Waals surface area contributed by atoms with Crippen molar-refractivity contribution >= 4 is 11.6 Å². The van der Waals surface area contributed by atoms with E-state index in [2.05, 4.69) is 0 Å². The molecule has 0 atom stereocenters. The molecule has 0 aliphatic carbocycles. The Bertz CT molecular complexity index is 617. The monoisotopic (exact) mass is 277 g/mol. The zero-order valence-corrected chi connectivity index (χ0v) is 11.8. The maximum atomic E-state index is 11.8. The molecular formula is C15H16ClNO2. The quantitative estimate of drug-likeness (QED) is 0.805. The minimum atomic E-state index is -0.138. The molecule has 0 N–H and O–H groups in total. The molecule has 0 spiro atoms. The van der Waals surface area contributed by atoms with Gasteiger partial charge in [0.1, 0.15) is 6.61 Å². The number of ether oxygens (including phenoxy) is 1. The van der Waals surface area contributed by atoms with Gasteiger partial charge in [-0.25, -0.2) is 0 Å². The van der Waals surface area contributed by atoms with Gasteiger partial charge in [-0.05, 0) is 12.5 Å². The fourth-order valence-electron chi connectivity index (χ4n) is 1.73. The fraction of sp³-hybridized carbons (Fsp3) is 0.267. The van der Waals surface area contributed by atoms with Gasteiger partial charge in [0.15, 0.2) is 5.75 Å². The van der Waals surface area contributed by atoms with Crippen molar-refractivity contribution in [1.29, 1.82) is 0 Å². The molecule has 2 aromatic rings. The van der Waals surface area contributed by atoms with Crippen LogP contribution in [0.3, 0.4) is 0 Å². The largest absolute Gasteiger partial charge is 0.483 e. The highest BCUT2D eigenvalue weighted by Gasteiger charge is 2.05. The average Bonchev–Trinajstić information content (AvgIpc) is 2.41. The Labute approximate surface area is 117 Å². The molecule has 0 aliphatic heterocycles. The SMILES string of the molecule is Cc1ccc(COc2cn(C)c(CCl)cc2=O)cc1. The lowest BCUT2D eigenvalue weighted by atomic mass is 10.2. The van der Waals surface area contributed by atoms with E-state index >= 15 is 0 Å². The highest BCUT2D eigenvalue weighted by Crippen LogP contribution is 2.10. The van der Waals surface area contributed by atoms with Crippen LogP contribution in [-0.4, -0.2) is 4.57 Å². The summed E-state index contributed by atoms with van der Waals surface area (Å²) in [6.45, 7) is 2.42. The Morgan fingerprint density at radius 2 is 1.95 bits per heavy atom. The smallest absolute Gasteiger partial charge is 0.223 e. The predicted octanol–water partition coefficient (Wildman–Crippen LogP) is 3.01. The van der Waals surface area contributed by atoms with Gasteiger partial charge in [-0.1, -0.05) is 29.8 Å². The van der Waals surface area contributed by atoms with E-state index in [4.69, 9.17) is 16.3 Å². The highest BCUT2D eigenvalue weighted by atomic mass is 35.5. The maximum Gasteiger partial charge on any atom is 0.223 e. The van der Waals surface area contributed by atoms with E-state index in [0.717, 1.165) is 11.3 Å². The van der Waals surface area contributed by atoms with Gasteiger partial charge >= 0.3 is 0 Å². The Hall–Kier alpha value is -1.74. The van der Waals surface area contributed by atoms with Crippen molar-refractivity contribution in [3.63, 3.8) is 0 Å². The second kappa shape index (κ2) is 5.93. The number of hydrogen-bond donors (Lipinski definition) is 0. The molecule has 19 heavy (non-hydrogen) atoms. The molecule has 1 heterocycles. The number of pyridine rings is 1. The first-order chi connectivity index (χ1) is 9.10. The minimum absolute atomic E-state index is 0.138. The molecule has 0 aliphatic rings. The summed E-state index contributed by atoms with van der Waals surface area (Å²) in [6.07, 6.45) is 1.67. The summed E-state index contributed by atoms with van der Waals surface area (Å²) in [4.78, 5) is 11.8. The van der Waals surface area contributed by atoms with E-state index in [-0.39, 0.29) is 5.43 Å². The zero-order chi connectivity index (χ0) is 13.8. The standard InChI is InChI=1S/C15H16ClNO2/c1-11-3-5-12(6-4-11)10-19-15-9-17(2)13(8-16)7-14(15)18/h3-7,9H,8,10H2,1-2H3. The lowest BCUT2D eigenvalue weighted by Gasteiger charge is -2.10. The molecule has 2 rings (SSSR count). The van der Waals surface area contributed by atoms with Crippen LogP contribution < -0.4 is 10.2 Å². The van der Waals surface area contributed by atoms with Crippen LogP contribution in [0, 0.1) is 6.92 Å². The Morgan fingerprint density at radius 1 is 1.26 bits per heavy atom. The Kier molecular flexibility index (Phi) is 4.27. The van der Waals surface area contributed by atoms with Gasteiger partial charge in [0.25, 0.3) is 0 Å². The maximum absolute atomic E-state index is 11.8. The van der Waals surface area contributed by atoms with E-state index < -0.39 is 0 Å². The number of hydrogen-bond acceptors (Lipinski definition) is 2. The second-order valence-electron chi connectivity index (χ2n) is 4.51. The van der Waals surface area contributed by atoms with Crippen molar-refractivity contribution in [3.8, 4) is 5.75 Å². The third-order valence-corrected chi connectivity index (χ3v) is 3.23. The molecule has 0 fully saturated rings. The van der Waals surface area contributed by atoms with Crippen LogP contribution in [-0.2, 0) is 19.5 Å². The first-order valence-corrected chi connectivity index (χ1v) is 6.57. The molecule has 0 bridgehead atoms.